The van der Waals surface area contributed by atoms with Crippen LogP contribution in [-0.2, 0) is 0 Å². The third-order valence-electron chi connectivity index (χ3n) is 5.00. The normalized spacial score (nSPS) is 16.1. The smallest absolute Gasteiger partial charge is 0.255 e. The number of benzene rings is 1. The van der Waals surface area contributed by atoms with Gasteiger partial charge in [0.15, 0.2) is 0 Å². The van der Waals surface area contributed by atoms with Crippen molar-refractivity contribution in [2.24, 2.45) is 0 Å². The average Bonchev–Trinajstić information content (AvgIpc) is 3.43. The number of nitrogens with zero attached hydrogens (tertiary/aromatic N) is 3. The van der Waals surface area contributed by atoms with Crippen LogP contribution in [0.5, 0.6) is 5.75 Å². The van der Waals surface area contributed by atoms with E-state index in [-0.39, 0.29) is 11.9 Å². The van der Waals surface area contributed by atoms with Gasteiger partial charge in [-0.25, -0.2) is 9.97 Å². The average molecular weight is 473 g/mol. The van der Waals surface area contributed by atoms with Crippen LogP contribution in [0.3, 0.4) is 0 Å². The molecule has 29 heavy (non-hydrogen) atoms. The fourth-order valence-electron chi connectivity index (χ4n) is 3.53. The van der Waals surface area contributed by atoms with E-state index in [0.29, 0.717) is 12.5 Å². The van der Waals surface area contributed by atoms with Crippen molar-refractivity contribution in [1.82, 2.24) is 14.9 Å². The summed E-state index contributed by atoms with van der Waals surface area (Å²) in [6.45, 7) is 1.40. The molecule has 3 heterocycles. The zero-order chi connectivity index (χ0) is 20.2. The molecule has 0 radical (unpaired) electrons. The first-order valence-electron chi connectivity index (χ1n) is 9.40. The van der Waals surface area contributed by atoms with Crippen molar-refractivity contribution in [3.8, 4) is 16.2 Å². The Morgan fingerprint density at radius 2 is 2.03 bits per heavy atom. The summed E-state index contributed by atoms with van der Waals surface area (Å²) in [5.41, 5.74) is 1.79. The van der Waals surface area contributed by atoms with E-state index in [1.807, 2.05) is 40.6 Å². The van der Waals surface area contributed by atoms with Gasteiger partial charge in [0.25, 0.3) is 5.91 Å². The Morgan fingerprint density at radius 1 is 1.28 bits per heavy atom. The molecule has 1 aromatic carbocycles. The molecular formula is C21H21BrN4O2S. The Balaban J connectivity index is 1.48. The molecule has 0 aliphatic carbocycles. The minimum Gasteiger partial charge on any atom is -0.497 e. The largest absolute Gasteiger partial charge is 0.497 e. The van der Waals surface area contributed by atoms with Crippen LogP contribution < -0.4 is 10.1 Å². The molecule has 0 spiro atoms. The lowest BCUT2D eigenvalue weighted by atomic mass is 10.1. The van der Waals surface area contributed by atoms with E-state index in [4.69, 9.17) is 4.74 Å². The summed E-state index contributed by atoms with van der Waals surface area (Å²) in [7, 11) is 1.65. The van der Waals surface area contributed by atoms with Crippen molar-refractivity contribution in [2.45, 2.75) is 18.9 Å². The number of aromatic nitrogens is 2. The molecule has 1 atom stereocenters. The first-order valence-corrected chi connectivity index (χ1v) is 11.1. The van der Waals surface area contributed by atoms with E-state index in [2.05, 4.69) is 31.2 Å². The Morgan fingerprint density at radius 3 is 2.76 bits per heavy atom. The maximum absolute atomic E-state index is 13.3. The monoisotopic (exact) mass is 472 g/mol. The molecule has 1 N–H and O–H groups in total. The quantitative estimate of drug-likeness (QED) is 0.563. The van der Waals surface area contributed by atoms with Crippen molar-refractivity contribution in [3.05, 3.63) is 58.1 Å². The summed E-state index contributed by atoms with van der Waals surface area (Å²) in [6, 6.07) is 9.88. The zero-order valence-electron chi connectivity index (χ0n) is 16.0. The summed E-state index contributed by atoms with van der Waals surface area (Å²) in [5.74, 6) is 1.46. The summed E-state index contributed by atoms with van der Waals surface area (Å²) in [6.07, 6.45) is 5.39. The van der Waals surface area contributed by atoms with E-state index in [0.717, 1.165) is 45.6 Å². The number of ether oxygens (including phenoxy) is 1. The summed E-state index contributed by atoms with van der Waals surface area (Å²) >= 11 is 4.92. The van der Waals surface area contributed by atoms with E-state index in [9.17, 15) is 4.79 Å². The fourth-order valence-corrected chi connectivity index (χ4v) is 4.63. The maximum atomic E-state index is 13.3. The number of amides is 1. The lowest BCUT2D eigenvalue weighted by Crippen LogP contribution is -2.39. The van der Waals surface area contributed by atoms with Crippen molar-refractivity contribution in [3.63, 3.8) is 0 Å². The summed E-state index contributed by atoms with van der Waals surface area (Å²) in [4.78, 5) is 24.8. The molecule has 2 aromatic heterocycles. The minimum absolute atomic E-state index is 0.0816. The van der Waals surface area contributed by atoms with Crippen LogP contribution in [0, 0.1) is 0 Å². The van der Waals surface area contributed by atoms with Gasteiger partial charge in [-0.05, 0) is 70.0 Å². The van der Waals surface area contributed by atoms with Gasteiger partial charge in [-0.15, -0.1) is 11.3 Å². The minimum atomic E-state index is 0.0816. The molecule has 1 aliphatic heterocycles. The summed E-state index contributed by atoms with van der Waals surface area (Å²) in [5, 5.41) is 5.23. The number of carbonyl (C=O) groups excluding carboxylic acids is 1. The highest BCUT2D eigenvalue weighted by molar-refractivity contribution is 9.10. The van der Waals surface area contributed by atoms with Gasteiger partial charge in [0, 0.05) is 36.4 Å². The first kappa shape index (κ1) is 19.8. The van der Waals surface area contributed by atoms with E-state index in [1.54, 1.807) is 30.8 Å². The molecule has 150 valence electrons. The van der Waals surface area contributed by atoms with Crippen LogP contribution in [0.25, 0.3) is 10.4 Å². The van der Waals surface area contributed by atoms with Gasteiger partial charge in [-0.2, -0.15) is 0 Å². The molecule has 0 bridgehead atoms. The van der Waals surface area contributed by atoms with Crippen molar-refractivity contribution in [1.29, 1.82) is 0 Å². The SMILES string of the molecule is COc1ccc(-c2sccc2C(=O)N2CCCC2CNc2ncc(Br)cn2)cc1. The number of hydrogen-bond donors (Lipinski definition) is 1. The molecule has 1 aliphatic rings. The van der Waals surface area contributed by atoms with Crippen molar-refractivity contribution >= 4 is 39.1 Å². The van der Waals surface area contributed by atoms with Crippen LogP contribution in [-0.4, -0.2) is 47.0 Å². The number of carbonyl (C=O) groups is 1. The molecule has 0 saturated carbocycles. The predicted molar refractivity (Wildman–Crippen MR) is 119 cm³/mol. The molecule has 1 fully saturated rings. The first-order chi connectivity index (χ1) is 14.2. The molecule has 1 saturated heterocycles. The molecular weight excluding hydrogens is 452 g/mol. The highest BCUT2D eigenvalue weighted by Gasteiger charge is 2.31. The van der Waals surface area contributed by atoms with Gasteiger partial charge in [0.2, 0.25) is 5.95 Å². The van der Waals surface area contributed by atoms with Gasteiger partial charge in [0.05, 0.1) is 17.1 Å². The van der Waals surface area contributed by atoms with Crippen LogP contribution in [0.2, 0.25) is 0 Å². The molecule has 1 amide bonds. The van der Waals surface area contributed by atoms with Crippen LogP contribution in [0.1, 0.15) is 23.2 Å². The zero-order valence-corrected chi connectivity index (χ0v) is 18.4. The van der Waals surface area contributed by atoms with Gasteiger partial charge in [-0.1, -0.05) is 0 Å². The lowest BCUT2D eigenvalue weighted by Gasteiger charge is -2.25. The highest BCUT2D eigenvalue weighted by atomic mass is 79.9. The van der Waals surface area contributed by atoms with Gasteiger partial charge in [0.1, 0.15) is 5.75 Å². The number of rotatable bonds is 6. The lowest BCUT2D eigenvalue weighted by molar-refractivity contribution is 0.0745. The number of anilines is 1. The number of hydrogen-bond acceptors (Lipinski definition) is 6. The van der Waals surface area contributed by atoms with Crippen LogP contribution in [0.15, 0.2) is 52.6 Å². The number of likely N-dealkylation sites (tertiary alicyclic amines) is 1. The second kappa shape index (κ2) is 8.92. The van der Waals surface area contributed by atoms with Crippen molar-refractivity contribution in [2.75, 3.05) is 25.5 Å². The molecule has 3 aromatic rings. The second-order valence-corrected chi connectivity index (χ2v) is 8.62. The van der Waals surface area contributed by atoms with Gasteiger partial charge < -0.3 is 15.0 Å². The van der Waals surface area contributed by atoms with Crippen LogP contribution in [0.4, 0.5) is 5.95 Å². The molecule has 6 nitrogen and oxygen atoms in total. The Hall–Kier alpha value is -2.45. The number of thiophene rings is 1. The molecule has 1 unspecified atom stereocenters. The van der Waals surface area contributed by atoms with Gasteiger partial charge in [-0.3, -0.25) is 4.79 Å². The predicted octanol–water partition coefficient (Wildman–Crippen LogP) is 4.69. The third kappa shape index (κ3) is 4.43. The molecule has 8 heteroatoms. The van der Waals surface area contributed by atoms with E-state index < -0.39 is 0 Å². The Bertz CT molecular complexity index is 975. The molecule has 4 rings (SSSR count). The number of halogens is 1. The standard InChI is InChI=1S/C21H21BrN4O2S/c1-28-17-6-4-14(5-7-17)19-18(8-10-29-19)20(27)26-9-2-3-16(26)13-25-21-23-11-15(22)12-24-21/h4-8,10-12,16H,2-3,9,13H2,1H3,(H,23,24,25). The summed E-state index contributed by atoms with van der Waals surface area (Å²) < 4.78 is 6.08. The van der Waals surface area contributed by atoms with Gasteiger partial charge >= 0.3 is 0 Å². The van der Waals surface area contributed by atoms with Crippen LogP contribution >= 0.6 is 27.3 Å². The third-order valence-corrected chi connectivity index (χ3v) is 6.37. The topological polar surface area (TPSA) is 67.3 Å². The number of nitrogens with one attached hydrogen (secondary N) is 1. The van der Waals surface area contributed by atoms with E-state index in [1.165, 1.54) is 0 Å². The second-order valence-electron chi connectivity index (χ2n) is 6.79. The Labute approximate surface area is 182 Å². The van der Waals surface area contributed by atoms with Crippen molar-refractivity contribution < 1.29 is 9.53 Å². The highest BCUT2D eigenvalue weighted by Crippen LogP contribution is 2.33. The van der Waals surface area contributed by atoms with E-state index >= 15 is 0 Å². The fraction of sp³-hybridized carbons (Fsp3) is 0.286. The maximum Gasteiger partial charge on any atom is 0.255 e. The Kier molecular flexibility index (Phi) is 6.10. The number of methoxy groups -OCH3 is 1.